The number of benzene rings is 1. The van der Waals surface area contributed by atoms with Crippen molar-refractivity contribution in [3.8, 4) is 0 Å². The number of morpholine rings is 1. The number of anilines is 4. The fraction of sp³-hybridized carbons (Fsp3) is 0.500. The molecule has 0 amide bonds. The van der Waals surface area contributed by atoms with Crippen LogP contribution < -0.4 is 20.9 Å². The third kappa shape index (κ3) is 5.11. The van der Waals surface area contributed by atoms with Gasteiger partial charge in [-0.3, -0.25) is 0 Å². The van der Waals surface area contributed by atoms with E-state index in [-0.39, 0.29) is 17.7 Å². The van der Waals surface area contributed by atoms with E-state index in [2.05, 4.69) is 30.8 Å². The van der Waals surface area contributed by atoms with E-state index >= 15 is 0 Å². The van der Waals surface area contributed by atoms with Gasteiger partial charge in [0.25, 0.3) is 0 Å². The molecule has 2 aromatic rings. The third-order valence-corrected chi connectivity index (χ3v) is 5.31. The maximum Gasteiger partial charge on any atom is 0.421 e. The topological polar surface area (TPSA) is 74.3 Å². The Balaban J connectivity index is 1.47. The zero-order chi connectivity index (χ0) is 21.0. The van der Waals surface area contributed by atoms with Crippen LogP contribution in [0.1, 0.15) is 12.0 Å². The van der Waals surface area contributed by atoms with E-state index in [9.17, 15) is 13.2 Å². The van der Waals surface area contributed by atoms with Crippen molar-refractivity contribution >= 4 is 23.1 Å². The third-order valence-electron chi connectivity index (χ3n) is 5.31. The molecule has 0 bridgehead atoms. The molecule has 7 nitrogen and oxygen atoms in total. The maximum atomic E-state index is 13.4. The zero-order valence-corrected chi connectivity index (χ0v) is 16.5. The smallest absolute Gasteiger partial charge is 0.378 e. The normalized spacial score (nSPS) is 19.7. The average Bonchev–Trinajstić information content (AvgIpc) is 3.26. The zero-order valence-electron chi connectivity index (χ0n) is 16.5. The number of alkyl halides is 3. The first-order chi connectivity index (χ1) is 14.5. The Bertz CT molecular complexity index is 833. The first-order valence-corrected chi connectivity index (χ1v) is 10.1. The summed E-state index contributed by atoms with van der Waals surface area (Å²) < 4.78 is 45.4. The van der Waals surface area contributed by atoms with Crippen LogP contribution in [0.4, 0.5) is 36.3 Å². The van der Waals surface area contributed by atoms with Crippen LogP contribution in [0.2, 0.25) is 0 Å². The van der Waals surface area contributed by atoms with Crippen LogP contribution in [0.25, 0.3) is 0 Å². The quantitative estimate of drug-likeness (QED) is 0.661. The van der Waals surface area contributed by atoms with Crippen LogP contribution in [-0.2, 0) is 10.9 Å². The van der Waals surface area contributed by atoms with Gasteiger partial charge in [0.1, 0.15) is 11.4 Å². The van der Waals surface area contributed by atoms with Crippen LogP contribution in [0.3, 0.4) is 0 Å². The van der Waals surface area contributed by atoms with Gasteiger partial charge in [-0.1, -0.05) is 0 Å². The molecule has 3 heterocycles. The van der Waals surface area contributed by atoms with Crippen LogP contribution in [0, 0.1) is 5.92 Å². The predicted octanol–water partition coefficient (Wildman–Crippen LogP) is 3.10. The summed E-state index contributed by atoms with van der Waals surface area (Å²) in [4.78, 5) is 10.2. The van der Waals surface area contributed by atoms with Gasteiger partial charge in [-0.15, -0.1) is 0 Å². The Labute approximate surface area is 173 Å². The minimum absolute atomic E-state index is 0.120. The Morgan fingerprint density at radius 1 is 1.17 bits per heavy atom. The fourth-order valence-electron chi connectivity index (χ4n) is 3.62. The number of rotatable bonds is 6. The number of halogens is 3. The second kappa shape index (κ2) is 9.05. The number of aromatic nitrogens is 2. The summed E-state index contributed by atoms with van der Waals surface area (Å²) in [6.07, 6.45) is -2.76. The lowest BCUT2D eigenvalue weighted by Crippen LogP contribution is -2.36. The lowest BCUT2D eigenvalue weighted by atomic mass is 10.1. The highest BCUT2D eigenvalue weighted by molar-refractivity contribution is 5.61. The lowest BCUT2D eigenvalue weighted by molar-refractivity contribution is -0.137. The minimum Gasteiger partial charge on any atom is -0.378 e. The molecule has 0 aliphatic carbocycles. The molecule has 10 heteroatoms. The molecular weight excluding hydrogens is 397 g/mol. The standard InChI is InChI=1S/C20H25F3N6O/c21-20(22,23)17-13-26-19(28-18(17)25-12-14-5-6-24-11-14)27-15-1-3-16(4-2-15)29-7-9-30-10-8-29/h1-4,13-14,24H,5-12H2,(H2,25,26,27,28). The van der Waals surface area contributed by atoms with Crippen molar-refractivity contribution in [2.45, 2.75) is 12.6 Å². The van der Waals surface area contributed by atoms with Crippen LogP contribution in [-0.4, -0.2) is 55.9 Å². The Morgan fingerprint density at radius 2 is 1.93 bits per heavy atom. The van der Waals surface area contributed by atoms with Gasteiger partial charge in [-0.05, 0) is 49.7 Å². The van der Waals surface area contributed by atoms with Gasteiger partial charge in [0.05, 0.1) is 13.2 Å². The molecule has 2 fully saturated rings. The van der Waals surface area contributed by atoms with E-state index < -0.39 is 11.7 Å². The maximum absolute atomic E-state index is 13.4. The van der Waals surface area contributed by atoms with Crippen molar-refractivity contribution < 1.29 is 17.9 Å². The van der Waals surface area contributed by atoms with Gasteiger partial charge in [-0.25, -0.2) is 4.98 Å². The van der Waals surface area contributed by atoms with Gasteiger partial charge in [0.15, 0.2) is 0 Å². The van der Waals surface area contributed by atoms with E-state index in [0.29, 0.717) is 25.4 Å². The second-order valence-electron chi connectivity index (χ2n) is 7.46. The summed E-state index contributed by atoms with van der Waals surface area (Å²) in [6, 6.07) is 7.65. The van der Waals surface area contributed by atoms with Gasteiger partial charge < -0.3 is 25.6 Å². The monoisotopic (exact) mass is 422 g/mol. The molecule has 2 aliphatic rings. The molecule has 30 heavy (non-hydrogen) atoms. The van der Waals surface area contributed by atoms with Crippen molar-refractivity contribution in [1.29, 1.82) is 0 Å². The number of hydrogen-bond acceptors (Lipinski definition) is 7. The summed E-state index contributed by atoms with van der Waals surface area (Å²) in [7, 11) is 0. The molecule has 1 atom stereocenters. The van der Waals surface area contributed by atoms with Gasteiger partial charge >= 0.3 is 6.18 Å². The molecule has 1 aromatic heterocycles. The molecule has 0 spiro atoms. The molecule has 162 valence electrons. The number of ether oxygens (including phenoxy) is 1. The van der Waals surface area contributed by atoms with Crippen LogP contribution >= 0.6 is 0 Å². The Kier molecular flexibility index (Phi) is 6.24. The predicted molar refractivity (Wildman–Crippen MR) is 109 cm³/mol. The summed E-state index contributed by atoms with van der Waals surface area (Å²) in [6.45, 7) is 5.18. The van der Waals surface area contributed by atoms with Gasteiger partial charge in [-0.2, -0.15) is 18.2 Å². The van der Waals surface area contributed by atoms with Crippen LogP contribution in [0.5, 0.6) is 0 Å². The number of nitrogens with zero attached hydrogens (tertiary/aromatic N) is 3. The van der Waals surface area contributed by atoms with E-state index in [1.165, 1.54) is 0 Å². The Morgan fingerprint density at radius 3 is 2.60 bits per heavy atom. The summed E-state index contributed by atoms with van der Waals surface area (Å²) in [5.74, 6) is 0.205. The van der Waals surface area contributed by atoms with Crippen molar-refractivity contribution in [3.05, 3.63) is 36.0 Å². The molecule has 1 aromatic carbocycles. The SMILES string of the molecule is FC(F)(F)c1cnc(Nc2ccc(N3CCOCC3)cc2)nc1NCC1CCNC1. The van der Waals surface area contributed by atoms with Crippen molar-refractivity contribution in [3.63, 3.8) is 0 Å². The van der Waals surface area contributed by atoms with Crippen molar-refractivity contribution in [1.82, 2.24) is 15.3 Å². The van der Waals surface area contributed by atoms with Gasteiger partial charge in [0.2, 0.25) is 5.95 Å². The molecule has 1 unspecified atom stereocenters. The number of nitrogens with one attached hydrogen (secondary N) is 3. The minimum atomic E-state index is -4.52. The first kappa shape index (κ1) is 20.7. The largest absolute Gasteiger partial charge is 0.421 e. The highest BCUT2D eigenvalue weighted by Crippen LogP contribution is 2.34. The summed E-state index contributed by atoms with van der Waals surface area (Å²) >= 11 is 0. The summed E-state index contributed by atoms with van der Waals surface area (Å²) in [5, 5.41) is 9.07. The van der Waals surface area contributed by atoms with E-state index in [1.54, 1.807) is 0 Å². The Hall–Kier alpha value is -2.59. The fourth-order valence-corrected chi connectivity index (χ4v) is 3.62. The summed E-state index contributed by atoms with van der Waals surface area (Å²) in [5.41, 5.74) is 0.920. The molecule has 3 N–H and O–H groups in total. The highest BCUT2D eigenvalue weighted by atomic mass is 19.4. The number of hydrogen-bond donors (Lipinski definition) is 3. The molecular formula is C20H25F3N6O. The first-order valence-electron chi connectivity index (χ1n) is 10.1. The second-order valence-corrected chi connectivity index (χ2v) is 7.46. The molecule has 4 rings (SSSR count). The van der Waals surface area contributed by atoms with Crippen molar-refractivity contribution in [2.24, 2.45) is 5.92 Å². The van der Waals surface area contributed by atoms with E-state index in [1.807, 2.05) is 24.3 Å². The van der Waals surface area contributed by atoms with Crippen molar-refractivity contribution in [2.75, 3.05) is 61.5 Å². The van der Waals surface area contributed by atoms with Crippen LogP contribution in [0.15, 0.2) is 30.5 Å². The average molecular weight is 422 g/mol. The molecule has 2 aliphatic heterocycles. The van der Waals surface area contributed by atoms with Gasteiger partial charge in [0, 0.05) is 37.2 Å². The lowest BCUT2D eigenvalue weighted by Gasteiger charge is -2.28. The van der Waals surface area contributed by atoms with E-state index in [0.717, 1.165) is 44.5 Å². The molecule has 0 saturated carbocycles. The van der Waals surface area contributed by atoms with E-state index in [4.69, 9.17) is 4.74 Å². The highest BCUT2D eigenvalue weighted by Gasteiger charge is 2.35. The molecule has 2 saturated heterocycles. The molecule has 0 radical (unpaired) electrons.